The fraction of sp³-hybridized carbons (Fsp3) is 0.455. The molecule has 0 radical (unpaired) electrons. The summed E-state index contributed by atoms with van der Waals surface area (Å²) in [5, 5.41) is 3.92. The van der Waals surface area contributed by atoms with Gasteiger partial charge in [-0.3, -0.25) is 4.79 Å². The van der Waals surface area contributed by atoms with Crippen molar-refractivity contribution < 1.29 is 19.1 Å². The fourth-order valence-electron chi connectivity index (χ4n) is 3.99. The molecule has 1 aromatic carbocycles. The molecular weight excluding hydrogens is 378 g/mol. The molecule has 1 unspecified atom stereocenters. The van der Waals surface area contributed by atoms with Crippen molar-refractivity contribution in [3.05, 3.63) is 57.4 Å². The first kappa shape index (κ1) is 20.6. The number of hydrogen-bond donors (Lipinski definition) is 1. The number of ketones is 1. The highest BCUT2D eigenvalue weighted by molar-refractivity contribution is 6.30. The molecule has 0 spiro atoms. The standard InChI is InChI=1S/C22H26ClNO4/c1-13-18(21(26)28-10-9-27-4)19(14-5-7-15(23)8-6-14)20-16(24-13)11-22(2,3)12-17(20)25/h5-8,19,24H,9-12H2,1-4H3. The summed E-state index contributed by atoms with van der Waals surface area (Å²) in [5.74, 6) is -0.841. The summed E-state index contributed by atoms with van der Waals surface area (Å²) in [7, 11) is 1.55. The smallest absolute Gasteiger partial charge is 0.336 e. The Kier molecular flexibility index (Phi) is 5.96. The van der Waals surface area contributed by atoms with Gasteiger partial charge in [0.1, 0.15) is 6.61 Å². The van der Waals surface area contributed by atoms with Gasteiger partial charge < -0.3 is 14.8 Å². The second-order valence-electron chi connectivity index (χ2n) is 8.11. The van der Waals surface area contributed by atoms with Crippen molar-refractivity contribution >= 4 is 23.4 Å². The van der Waals surface area contributed by atoms with Crippen molar-refractivity contribution in [2.45, 2.75) is 39.5 Å². The van der Waals surface area contributed by atoms with Gasteiger partial charge in [-0.15, -0.1) is 0 Å². The largest absolute Gasteiger partial charge is 0.460 e. The van der Waals surface area contributed by atoms with E-state index in [1.807, 2.05) is 19.1 Å². The molecule has 3 rings (SSSR count). The third kappa shape index (κ3) is 4.15. The van der Waals surface area contributed by atoms with Gasteiger partial charge in [-0.2, -0.15) is 0 Å². The zero-order chi connectivity index (χ0) is 20.5. The first-order valence-corrected chi connectivity index (χ1v) is 9.77. The molecule has 0 saturated heterocycles. The third-order valence-corrected chi connectivity index (χ3v) is 5.44. The number of allylic oxidation sites excluding steroid dienone is 3. The van der Waals surface area contributed by atoms with E-state index < -0.39 is 11.9 Å². The molecule has 1 atom stereocenters. The van der Waals surface area contributed by atoms with Crippen LogP contribution in [0, 0.1) is 5.41 Å². The van der Waals surface area contributed by atoms with E-state index in [0.717, 1.165) is 17.7 Å². The summed E-state index contributed by atoms with van der Waals surface area (Å²) in [6, 6.07) is 7.29. The Bertz CT molecular complexity index is 852. The highest BCUT2D eigenvalue weighted by atomic mass is 35.5. The number of ether oxygens (including phenoxy) is 2. The summed E-state index contributed by atoms with van der Waals surface area (Å²) in [6.45, 7) is 6.50. The van der Waals surface area contributed by atoms with Crippen LogP contribution < -0.4 is 5.32 Å². The average molecular weight is 404 g/mol. The lowest BCUT2D eigenvalue weighted by Gasteiger charge is -2.39. The van der Waals surface area contributed by atoms with Gasteiger partial charge in [-0.1, -0.05) is 37.6 Å². The van der Waals surface area contributed by atoms with Gasteiger partial charge in [0.15, 0.2) is 5.78 Å². The van der Waals surface area contributed by atoms with E-state index in [1.54, 1.807) is 19.2 Å². The Morgan fingerprint density at radius 1 is 1.21 bits per heavy atom. The van der Waals surface area contributed by atoms with Crippen LogP contribution in [0.2, 0.25) is 5.02 Å². The van der Waals surface area contributed by atoms with Crippen molar-refractivity contribution in [1.82, 2.24) is 5.32 Å². The van der Waals surface area contributed by atoms with Crippen molar-refractivity contribution in [2.24, 2.45) is 5.41 Å². The lowest BCUT2D eigenvalue weighted by molar-refractivity contribution is -0.140. The van der Waals surface area contributed by atoms with E-state index in [1.165, 1.54) is 0 Å². The van der Waals surface area contributed by atoms with Crippen molar-refractivity contribution in [2.75, 3.05) is 20.3 Å². The minimum atomic E-state index is -0.466. The monoisotopic (exact) mass is 403 g/mol. The molecule has 150 valence electrons. The van der Waals surface area contributed by atoms with Gasteiger partial charge >= 0.3 is 5.97 Å². The second-order valence-corrected chi connectivity index (χ2v) is 8.55. The summed E-state index contributed by atoms with van der Waals surface area (Å²) in [6.07, 6.45) is 1.20. The number of carbonyl (C=O) groups excluding carboxylic acids is 2. The summed E-state index contributed by atoms with van der Waals surface area (Å²) in [4.78, 5) is 26.0. The predicted octanol–water partition coefficient (Wildman–Crippen LogP) is 4.13. The Labute approximate surface area is 170 Å². The molecule has 2 aliphatic rings. The maximum Gasteiger partial charge on any atom is 0.336 e. The van der Waals surface area contributed by atoms with Crippen LogP contribution in [0.15, 0.2) is 46.8 Å². The molecule has 5 nitrogen and oxygen atoms in total. The predicted molar refractivity (Wildman–Crippen MR) is 108 cm³/mol. The van der Waals surface area contributed by atoms with Gasteiger partial charge in [0.05, 0.1) is 12.2 Å². The van der Waals surface area contributed by atoms with E-state index in [9.17, 15) is 9.59 Å². The zero-order valence-corrected chi connectivity index (χ0v) is 17.5. The van der Waals surface area contributed by atoms with Crippen LogP contribution >= 0.6 is 11.6 Å². The summed E-state index contributed by atoms with van der Waals surface area (Å²) >= 11 is 6.06. The van der Waals surface area contributed by atoms with E-state index in [-0.39, 0.29) is 17.8 Å². The molecule has 0 amide bonds. The van der Waals surface area contributed by atoms with Gasteiger partial charge in [0.25, 0.3) is 0 Å². The van der Waals surface area contributed by atoms with Crippen LogP contribution in [0.1, 0.15) is 45.1 Å². The first-order valence-electron chi connectivity index (χ1n) is 9.39. The molecule has 1 heterocycles. The fourth-order valence-corrected chi connectivity index (χ4v) is 4.12. The number of Topliss-reactive ketones (excluding diaryl/α,β-unsaturated/α-hetero) is 1. The zero-order valence-electron chi connectivity index (χ0n) is 16.7. The molecule has 1 aromatic rings. The summed E-state index contributed by atoms with van der Waals surface area (Å²) < 4.78 is 10.4. The number of nitrogens with one attached hydrogen (secondary N) is 1. The number of methoxy groups -OCH3 is 1. The molecule has 0 aromatic heterocycles. The topological polar surface area (TPSA) is 64.6 Å². The highest BCUT2D eigenvalue weighted by Crippen LogP contribution is 2.46. The molecule has 1 aliphatic heterocycles. The Morgan fingerprint density at radius 3 is 2.54 bits per heavy atom. The van der Waals surface area contributed by atoms with E-state index in [4.69, 9.17) is 21.1 Å². The summed E-state index contributed by atoms with van der Waals surface area (Å²) in [5.41, 5.74) is 3.46. The van der Waals surface area contributed by atoms with Gasteiger partial charge in [-0.25, -0.2) is 4.79 Å². The molecule has 0 bridgehead atoms. The van der Waals surface area contributed by atoms with Crippen molar-refractivity contribution in [1.29, 1.82) is 0 Å². The number of benzene rings is 1. The van der Waals surface area contributed by atoms with Crippen LogP contribution in [0.25, 0.3) is 0 Å². The minimum absolute atomic E-state index is 0.0633. The number of dihydropyridines is 1. The second kappa shape index (κ2) is 8.10. The molecule has 28 heavy (non-hydrogen) atoms. The van der Waals surface area contributed by atoms with Crippen LogP contribution in [-0.2, 0) is 19.1 Å². The number of halogens is 1. The Hall–Kier alpha value is -2.11. The van der Waals surface area contributed by atoms with Crippen molar-refractivity contribution in [3.8, 4) is 0 Å². The third-order valence-electron chi connectivity index (χ3n) is 5.18. The van der Waals surface area contributed by atoms with Gasteiger partial charge in [-0.05, 0) is 36.5 Å². The van der Waals surface area contributed by atoms with E-state index in [0.29, 0.717) is 34.9 Å². The molecule has 0 fully saturated rings. The number of carbonyl (C=O) groups is 2. The molecule has 6 heteroatoms. The normalized spacial score (nSPS) is 21.3. The maximum atomic E-state index is 13.1. The van der Waals surface area contributed by atoms with E-state index >= 15 is 0 Å². The first-order chi connectivity index (χ1) is 13.2. The van der Waals surface area contributed by atoms with E-state index in [2.05, 4.69) is 19.2 Å². The lowest BCUT2D eigenvalue weighted by Crippen LogP contribution is -2.38. The van der Waals surface area contributed by atoms with Crippen LogP contribution in [0.3, 0.4) is 0 Å². The highest BCUT2D eigenvalue weighted by Gasteiger charge is 2.43. The van der Waals surface area contributed by atoms with Gasteiger partial charge in [0, 0.05) is 41.4 Å². The maximum absolute atomic E-state index is 13.1. The SMILES string of the molecule is COCCOC(=O)C1=C(C)NC2=C(C(=O)CC(C)(C)C2)C1c1ccc(Cl)cc1. The minimum Gasteiger partial charge on any atom is -0.460 e. The average Bonchev–Trinajstić information content (AvgIpc) is 2.60. The quantitative estimate of drug-likeness (QED) is 0.591. The number of esters is 1. The van der Waals surface area contributed by atoms with Crippen LogP contribution in [0.5, 0.6) is 0 Å². The molecule has 0 saturated carbocycles. The van der Waals surface area contributed by atoms with Gasteiger partial charge in [0.2, 0.25) is 0 Å². The molecular formula is C22H26ClNO4. The van der Waals surface area contributed by atoms with Crippen LogP contribution in [-0.4, -0.2) is 32.1 Å². The molecule has 1 aliphatic carbocycles. The van der Waals surface area contributed by atoms with Crippen molar-refractivity contribution in [3.63, 3.8) is 0 Å². The molecule has 1 N–H and O–H groups in total. The Balaban J connectivity index is 2.07. The van der Waals surface area contributed by atoms with Crippen LogP contribution in [0.4, 0.5) is 0 Å². The Morgan fingerprint density at radius 2 is 1.89 bits per heavy atom. The number of hydrogen-bond acceptors (Lipinski definition) is 5. The number of rotatable bonds is 5. The lowest BCUT2D eigenvalue weighted by atomic mass is 9.68.